The van der Waals surface area contributed by atoms with Gasteiger partial charge in [-0.2, -0.15) is 0 Å². The minimum atomic E-state index is -2.55. The van der Waals surface area contributed by atoms with Crippen molar-refractivity contribution >= 4 is 130 Å². The maximum atomic E-state index is 9.04. The number of ether oxygens (including phenoxy) is 3. The summed E-state index contributed by atoms with van der Waals surface area (Å²) in [4.78, 5) is 0. The van der Waals surface area contributed by atoms with Crippen molar-refractivity contribution in [1.29, 1.82) is 0 Å². The van der Waals surface area contributed by atoms with Gasteiger partial charge in [0, 0.05) is 123 Å². The van der Waals surface area contributed by atoms with Crippen molar-refractivity contribution in [2.75, 3.05) is 0 Å². The Hall–Kier alpha value is -15.1. The van der Waals surface area contributed by atoms with Crippen LogP contribution in [0.15, 0.2) is 355 Å². The molecule has 0 aliphatic carbocycles. The molecule has 0 saturated heterocycles. The molecule has 9 heterocycles. The van der Waals surface area contributed by atoms with E-state index in [2.05, 4.69) is 128 Å². The Bertz CT molecular complexity index is 9850. The first kappa shape index (κ1) is 70.5. The second-order valence-electron chi connectivity index (χ2n) is 38.4. The molecule has 6 nitrogen and oxygen atoms in total. The predicted molar refractivity (Wildman–Crippen MR) is 600 cm³/mol. The zero-order chi connectivity index (χ0) is 112. The Morgan fingerprint density at radius 2 is 0.718 bits per heavy atom. The number of thiophene rings is 2. The molecular formula is C133H105NO5S2Se. The van der Waals surface area contributed by atoms with Crippen LogP contribution in [0, 0.1) is 69.0 Å². The van der Waals surface area contributed by atoms with E-state index in [9.17, 15) is 0 Å². The van der Waals surface area contributed by atoms with Crippen molar-refractivity contribution in [3.05, 3.63) is 435 Å². The number of hydrogen-bond donors (Lipinski definition) is 0. The van der Waals surface area contributed by atoms with Crippen molar-refractivity contribution in [3.63, 3.8) is 0 Å². The third-order valence-electron chi connectivity index (χ3n) is 29.8. The zero-order valence-electron chi connectivity index (χ0n) is 97.6. The van der Waals surface area contributed by atoms with Crippen LogP contribution in [0.1, 0.15) is 155 Å². The Kier molecular flexibility index (Phi) is 16.7. The second-order valence-corrected chi connectivity index (χ2v) is 42.9. The topological polar surface area (TPSA) is 58.9 Å². The molecule has 3 aliphatic rings. The van der Waals surface area contributed by atoms with E-state index in [1.54, 1.807) is 81.4 Å². The normalized spacial score (nSPS) is 18.0. The Morgan fingerprint density at radius 1 is 0.310 bits per heavy atom. The minimum Gasteiger partial charge on any atom is -0.0617 e. The van der Waals surface area contributed by atoms with Gasteiger partial charge >= 0.3 is 219 Å². The number of para-hydroxylation sites is 9. The van der Waals surface area contributed by atoms with Gasteiger partial charge in [0.2, 0.25) is 0 Å². The Labute approximate surface area is 867 Å². The van der Waals surface area contributed by atoms with Gasteiger partial charge in [0.1, 0.15) is 39.9 Å². The molecule has 690 valence electrons. The minimum absolute atomic E-state index is 0.168. The SMILES string of the molecule is [2H]C([2H])([2H])c1c(-c2ccc(C)c(-c3cccc4c3oc3oc5ccccc5c34)c2C)ccc(C)c1-c1cccc2c1Oc1ccccc1C2(C)C([2H])([2H])[2H].[2H]C([2H])([2H])c1c(-c2ccc(C)c(-c3cccc4c3sc3sc5ccccc5c34)c2C)ccc(C)c1-c1cccc2c1Oc1ccccc1C2(C)C([2H])([2H])[2H].[2H]C([2H])([2H])c1c(-c2cccc(-n3c4ccccc4c4[se]c5ccccc5c43)c2)ccc(C)c1-c1cccc2c1Oc1ccccc1C2(C)C([2H])([2H])[2H]. The number of furan rings is 2. The molecule has 9 heteroatoms. The number of aromatic nitrogens is 1. The van der Waals surface area contributed by atoms with E-state index in [-0.39, 0.29) is 31.2 Å². The number of rotatable bonds is 9. The zero-order valence-corrected chi connectivity index (χ0v) is 83.0. The van der Waals surface area contributed by atoms with Crippen LogP contribution < -0.4 is 14.2 Å². The summed E-state index contributed by atoms with van der Waals surface area (Å²) in [5.74, 6) is 2.90. The van der Waals surface area contributed by atoms with E-state index in [1.165, 1.54) is 54.4 Å². The number of aryl methyl sites for hydroxylation is 5. The molecule has 24 aromatic rings. The summed E-state index contributed by atoms with van der Waals surface area (Å²) >= 11 is 3.82. The van der Waals surface area contributed by atoms with E-state index >= 15 is 0 Å². The number of hydrogen-bond acceptors (Lipinski definition) is 7. The average Bonchev–Trinajstić information content (AvgIpc) is 1.04. The van der Waals surface area contributed by atoms with E-state index < -0.39 is 57.4 Å². The third-order valence-corrected chi connectivity index (χ3v) is 34.8. The number of nitrogens with zero attached hydrogens (tertiary/aromatic N) is 1. The maximum absolute atomic E-state index is 9.04. The fraction of sp³-hybridized carbons (Fsp3) is 0.143. The molecule has 0 amide bonds. The molecule has 3 atom stereocenters. The van der Waals surface area contributed by atoms with Crippen LogP contribution in [0.3, 0.4) is 0 Å². The van der Waals surface area contributed by atoms with Crippen molar-refractivity contribution < 1.29 is 47.7 Å². The third kappa shape index (κ3) is 13.7. The number of fused-ring (bicyclic) bond motifs is 21. The molecular weight excluding hydrogens is 1830 g/mol. The fourth-order valence-corrected chi connectivity index (χ4v) is 28.1. The fourth-order valence-electron chi connectivity index (χ4n) is 22.8. The molecule has 142 heavy (non-hydrogen) atoms. The van der Waals surface area contributed by atoms with Crippen molar-refractivity contribution in [2.45, 2.75) is 127 Å². The summed E-state index contributed by atoms with van der Waals surface area (Å²) in [6.07, 6.45) is 0. The van der Waals surface area contributed by atoms with Crippen LogP contribution in [0.25, 0.3) is 188 Å². The quantitative estimate of drug-likeness (QED) is 0.135. The van der Waals surface area contributed by atoms with Gasteiger partial charge in [-0.05, 0) is 175 Å². The molecule has 0 radical (unpaired) electrons. The molecule has 6 aromatic heterocycles. The molecule has 0 saturated carbocycles. The smallest absolute Gasteiger partial charge is 0.0617 e. The first-order valence-corrected chi connectivity index (χ1v) is 51.2. The first-order chi connectivity index (χ1) is 76.3. The standard InChI is InChI=1S/C45H36O3.C45H36OS2.C43H33NOSe/c1-25-21-23-29(27(3)39(25)32-14-11-15-34-41-31-13-7-9-19-37(31)47-44(41)48-42(32)34)30-24-22-26(2)40(28(30)4)33-16-12-18-36-43(33)46-38-20-10-8-17-35(38)45(36,5)6;1-25-21-23-29(27(3)39(25)32-14-12-18-36-42(32)46-37-19-9-8-17-35(37)45(36,5)6)30-24-22-26(2)40(28(30)4)33-15-11-16-34-41-31-13-7-10-20-38(31)47-44(41)48-43(33)34;1-26-23-24-30(27(2)39(26)33-17-12-19-35-41(33)45-37-21-9-7-18-34(37)43(35,3)4)28-13-11-14-29(25-28)44-36-20-8-5-15-31(36)42-40(44)32-16-6-10-22-38(32)46-42/h2*7-24H,1-6H3;5-25H,1-4H3/i4D3,5D3;3D3,5D3;2D3,3D3. The van der Waals surface area contributed by atoms with Crippen LogP contribution in [0.4, 0.5) is 0 Å². The average molecular weight is 1960 g/mol. The van der Waals surface area contributed by atoms with Crippen LogP contribution in [0.5, 0.6) is 34.5 Å². The molecule has 18 aromatic carbocycles. The van der Waals surface area contributed by atoms with Crippen LogP contribution in [-0.2, 0) is 16.2 Å². The van der Waals surface area contributed by atoms with Crippen molar-refractivity contribution in [2.24, 2.45) is 0 Å². The molecule has 0 N–H and O–H groups in total. The van der Waals surface area contributed by atoms with Gasteiger partial charge in [0.15, 0.2) is 0 Å². The van der Waals surface area contributed by atoms with Gasteiger partial charge in [-0.1, -0.05) is 260 Å². The van der Waals surface area contributed by atoms with Gasteiger partial charge in [-0.25, -0.2) is 0 Å². The van der Waals surface area contributed by atoms with Crippen LogP contribution >= 0.6 is 22.7 Å². The second kappa shape index (κ2) is 33.6. The summed E-state index contributed by atoms with van der Waals surface area (Å²) < 4.78 is 201. The number of benzene rings is 18. The van der Waals surface area contributed by atoms with Gasteiger partial charge < -0.3 is 18.3 Å². The molecule has 0 bridgehead atoms. The van der Waals surface area contributed by atoms with Crippen LogP contribution in [0.2, 0.25) is 0 Å². The van der Waals surface area contributed by atoms with E-state index in [1.807, 2.05) is 233 Å². The van der Waals surface area contributed by atoms with E-state index in [4.69, 9.17) is 47.7 Å². The summed E-state index contributed by atoms with van der Waals surface area (Å²) in [6.45, 7) is 4.33. The molecule has 0 fully saturated rings. The van der Waals surface area contributed by atoms with Gasteiger partial charge in [-0.3, -0.25) is 0 Å². The monoisotopic (exact) mass is 1960 g/mol. The molecule has 3 unspecified atom stereocenters. The summed E-state index contributed by atoms with van der Waals surface area (Å²) in [7, 11) is 0. The van der Waals surface area contributed by atoms with Crippen LogP contribution in [-0.4, -0.2) is 19.1 Å². The van der Waals surface area contributed by atoms with Crippen molar-refractivity contribution in [1.82, 2.24) is 4.57 Å². The first-order valence-electron chi connectivity index (χ1n) is 56.8. The summed E-state index contributed by atoms with van der Waals surface area (Å²) in [5, 5.41) is 9.11. The Morgan fingerprint density at radius 3 is 1.26 bits per heavy atom. The summed E-state index contributed by atoms with van der Waals surface area (Å²) in [5.41, 5.74) is 22.0. The molecule has 3 aliphatic heterocycles. The summed E-state index contributed by atoms with van der Waals surface area (Å²) in [6, 6.07) is 112. The predicted octanol–water partition coefficient (Wildman–Crippen LogP) is 38.3. The van der Waals surface area contributed by atoms with Crippen molar-refractivity contribution in [3.8, 4) is 129 Å². The van der Waals surface area contributed by atoms with Gasteiger partial charge in [0.05, 0.1) is 9.40 Å². The molecule has 27 rings (SSSR count). The van der Waals surface area contributed by atoms with E-state index in [0.717, 1.165) is 111 Å². The van der Waals surface area contributed by atoms with E-state index in [0.29, 0.717) is 129 Å². The molecule has 0 spiro atoms. The van der Waals surface area contributed by atoms with Gasteiger partial charge in [-0.15, -0.1) is 22.7 Å². The van der Waals surface area contributed by atoms with Gasteiger partial charge in [0.25, 0.3) is 5.78 Å². The Balaban J connectivity index is 0.000000122.